The van der Waals surface area contributed by atoms with Gasteiger partial charge in [0.05, 0.1) is 0 Å². The highest BCUT2D eigenvalue weighted by Gasteiger charge is 2.09. The SMILES string of the molecule is N#C/C(=C\c1cccc(F)c1)C(=O)Nc1ccc(F)cc1. The molecule has 0 bridgehead atoms. The van der Waals surface area contributed by atoms with Gasteiger partial charge in [0.25, 0.3) is 5.91 Å². The molecule has 0 unspecified atom stereocenters. The number of hydrogen-bond donors (Lipinski definition) is 1. The standard InChI is InChI=1S/C16H10F2N2O/c17-13-4-6-15(7-5-13)20-16(21)12(10-19)8-11-2-1-3-14(18)9-11/h1-9H,(H,20,21)/b12-8+. The first-order chi connectivity index (χ1) is 10.1. The summed E-state index contributed by atoms with van der Waals surface area (Å²) in [6.45, 7) is 0. The molecule has 5 heteroatoms. The van der Waals surface area contributed by atoms with Gasteiger partial charge in [-0.2, -0.15) is 5.26 Å². The average Bonchev–Trinajstić information content (AvgIpc) is 2.47. The maximum absolute atomic E-state index is 13.1. The summed E-state index contributed by atoms with van der Waals surface area (Å²) in [5.41, 5.74) is 0.590. The fourth-order valence-corrected chi connectivity index (χ4v) is 1.64. The van der Waals surface area contributed by atoms with E-state index in [0.29, 0.717) is 11.3 Å². The second kappa shape index (κ2) is 6.44. The Bertz CT molecular complexity index is 731. The molecule has 2 aromatic carbocycles. The zero-order valence-electron chi connectivity index (χ0n) is 10.8. The third-order valence-electron chi connectivity index (χ3n) is 2.63. The van der Waals surface area contributed by atoms with E-state index in [-0.39, 0.29) is 5.57 Å². The van der Waals surface area contributed by atoms with Crippen LogP contribution in [-0.4, -0.2) is 5.91 Å². The Morgan fingerprint density at radius 3 is 2.43 bits per heavy atom. The van der Waals surface area contributed by atoms with Crippen LogP contribution in [0.2, 0.25) is 0 Å². The molecular formula is C16H10F2N2O. The average molecular weight is 284 g/mol. The highest BCUT2D eigenvalue weighted by molar-refractivity contribution is 6.09. The van der Waals surface area contributed by atoms with Gasteiger partial charge in [-0.05, 0) is 48.0 Å². The number of rotatable bonds is 3. The molecule has 0 spiro atoms. The summed E-state index contributed by atoms with van der Waals surface area (Å²) in [6, 6.07) is 12.4. The van der Waals surface area contributed by atoms with Crippen molar-refractivity contribution < 1.29 is 13.6 Å². The van der Waals surface area contributed by atoms with Crippen molar-refractivity contribution in [3.05, 3.63) is 71.3 Å². The Kier molecular flexibility index (Phi) is 4.42. The first kappa shape index (κ1) is 14.4. The summed E-state index contributed by atoms with van der Waals surface area (Å²) in [5, 5.41) is 11.5. The summed E-state index contributed by atoms with van der Waals surface area (Å²) < 4.78 is 25.8. The molecule has 0 aliphatic rings. The van der Waals surface area contributed by atoms with Crippen molar-refractivity contribution in [1.82, 2.24) is 0 Å². The van der Waals surface area contributed by atoms with Crippen LogP contribution in [0.15, 0.2) is 54.1 Å². The minimum atomic E-state index is -0.645. The highest BCUT2D eigenvalue weighted by Crippen LogP contribution is 2.12. The number of nitrogens with zero attached hydrogens (tertiary/aromatic N) is 1. The van der Waals surface area contributed by atoms with E-state index in [1.165, 1.54) is 48.5 Å². The summed E-state index contributed by atoms with van der Waals surface area (Å²) in [6.07, 6.45) is 1.28. The van der Waals surface area contributed by atoms with E-state index >= 15 is 0 Å². The molecule has 1 N–H and O–H groups in total. The minimum Gasteiger partial charge on any atom is -0.321 e. The molecule has 0 radical (unpaired) electrons. The lowest BCUT2D eigenvalue weighted by atomic mass is 10.1. The van der Waals surface area contributed by atoms with Gasteiger partial charge >= 0.3 is 0 Å². The molecule has 3 nitrogen and oxygen atoms in total. The summed E-state index contributed by atoms with van der Waals surface area (Å²) in [7, 11) is 0. The number of benzene rings is 2. The number of carbonyl (C=O) groups is 1. The van der Waals surface area contributed by atoms with Gasteiger partial charge in [0, 0.05) is 5.69 Å². The fourth-order valence-electron chi connectivity index (χ4n) is 1.64. The predicted molar refractivity (Wildman–Crippen MR) is 75.0 cm³/mol. The van der Waals surface area contributed by atoms with Crippen LogP contribution in [0.1, 0.15) is 5.56 Å². The highest BCUT2D eigenvalue weighted by atomic mass is 19.1. The first-order valence-electron chi connectivity index (χ1n) is 6.03. The Morgan fingerprint density at radius 2 is 1.81 bits per heavy atom. The lowest BCUT2D eigenvalue weighted by Crippen LogP contribution is -2.13. The van der Waals surface area contributed by atoms with Crippen LogP contribution >= 0.6 is 0 Å². The third kappa shape index (κ3) is 3.98. The largest absolute Gasteiger partial charge is 0.321 e. The van der Waals surface area contributed by atoms with Crippen LogP contribution in [0.5, 0.6) is 0 Å². The van der Waals surface area contributed by atoms with E-state index in [1.807, 2.05) is 0 Å². The molecule has 21 heavy (non-hydrogen) atoms. The molecule has 1 amide bonds. The van der Waals surface area contributed by atoms with Gasteiger partial charge in [-0.25, -0.2) is 8.78 Å². The predicted octanol–water partition coefficient (Wildman–Crippen LogP) is 3.51. The molecule has 0 saturated carbocycles. The number of anilines is 1. The van der Waals surface area contributed by atoms with Crippen LogP contribution in [0.4, 0.5) is 14.5 Å². The summed E-state index contributed by atoms with van der Waals surface area (Å²) in [5.74, 6) is -1.53. The Balaban J connectivity index is 2.19. The van der Waals surface area contributed by atoms with Crippen LogP contribution in [-0.2, 0) is 4.79 Å². The molecule has 0 aromatic heterocycles. The van der Waals surface area contributed by atoms with E-state index in [0.717, 1.165) is 0 Å². The van der Waals surface area contributed by atoms with Crippen LogP contribution in [0.3, 0.4) is 0 Å². The zero-order chi connectivity index (χ0) is 15.2. The molecule has 2 aromatic rings. The number of nitrogens with one attached hydrogen (secondary N) is 1. The normalized spacial score (nSPS) is 10.8. The van der Waals surface area contributed by atoms with E-state index in [1.54, 1.807) is 12.1 Å². The smallest absolute Gasteiger partial charge is 0.266 e. The number of hydrogen-bond acceptors (Lipinski definition) is 2. The molecule has 0 fully saturated rings. The first-order valence-corrected chi connectivity index (χ1v) is 6.03. The topological polar surface area (TPSA) is 52.9 Å². The Labute approximate surface area is 120 Å². The van der Waals surface area contributed by atoms with Crippen LogP contribution < -0.4 is 5.32 Å². The molecule has 0 heterocycles. The quantitative estimate of drug-likeness (QED) is 0.692. The van der Waals surface area contributed by atoms with E-state index in [2.05, 4.69) is 5.32 Å². The molecule has 2 rings (SSSR count). The van der Waals surface area contributed by atoms with Crippen molar-refractivity contribution in [2.45, 2.75) is 0 Å². The second-order valence-electron chi connectivity index (χ2n) is 4.19. The van der Waals surface area contributed by atoms with Crippen molar-refractivity contribution >= 4 is 17.7 Å². The second-order valence-corrected chi connectivity index (χ2v) is 4.19. The summed E-state index contributed by atoms with van der Waals surface area (Å²) >= 11 is 0. The van der Waals surface area contributed by atoms with Gasteiger partial charge in [0.1, 0.15) is 23.3 Å². The molecule has 0 aliphatic heterocycles. The van der Waals surface area contributed by atoms with E-state index in [9.17, 15) is 13.6 Å². The molecule has 104 valence electrons. The maximum Gasteiger partial charge on any atom is 0.266 e. The number of amides is 1. The lowest BCUT2D eigenvalue weighted by molar-refractivity contribution is -0.112. The molecule has 0 saturated heterocycles. The van der Waals surface area contributed by atoms with Crippen LogP contribution in [0.25, 0.3) is 6.08 Å². The summed E-state index contributed by atoms with van der Waals surface area (Å²) in [4.78, 5) is 11.9. The van der Waals surface area contributed by atoms with Gasteiger partial charge in [0.2, 0.25) is 0 Å². The monoisotopic (exact) mass is 284 g/mol. The zero-order valence-corrected chi connectivity index (χ0v) is 10.8. The third-order valence-corrected chi connectivity index (χ3v) is 2.63. The number of halogens is 2. The Morgan fingerprint density at radius 1 is 1.10 bits per heavy atom. The fraction of sp³-hybridized carbons (Fsp3) is 0. The van der Waals surface area contributed by atoms with Gasteiger partial charge in [0.15, 0.2) is 0 Å². The van der Waals surface area contributed by atoms with Crippen molar-refractivity contribution in [3.8, 4) is 6.07 Å². The van der Waals surface area contributed by atoms with Gasteiger partial charge in [-0.1, -0.05) is 12.1 Å². The van der Waals surface area contributed by atoms with Gasteiger partial charge < -0.3 is 5.32 Å². The van der Waals surface area contributed by atoms with Crippen molar-refractivity contribution in [1.29, 1.82) is 5.26 Å². The maximum atomic E-state index is 13.1. The molecule has 0 aliphatic carbocycles. The number of nitriles is 1. The van der Waals surface area contributed by atoms with Crippen molar-refractivity contribution in [3.63, 3.8) is 0 Å². The van der Waals surface area contributed by atoms with Crippen molar-refractivity contribution in [2.24, 2.45) is 0 Å². The number of carbonyl (C=O) groups excluding carboxylic acids is 1. The molecular weight excluding hydrogens is 274 g/mol. The lowest BCUT2D eigenvalue weighted by Gasteiger charge is -2.04. The minimum absolute atomic E-state index is 0.176. The van der Waals surface area contributed by atoms with E-state index in [4.69, 9.17) is 5.26 Å². The van der Waals surface area contributed by atoms with Crippen LogP contribution in [0, 0.1) is 23.0 Å². The van der Waals surface area contributed by atoms with Gasteiger partial charge in [-0.15, -0.1) is 0 Å². The van der Waals surface area contributed by atoms with E-state index < -0.39 is 17.5 Å². The molecule has 0 atom stereocenters. The van der Waals surface area contributed by atoms with Crippen molar-refractivity contribution in [2.75, 3.05) is 5.32 Å². The van der Waals surface area contributed by atoms with Gasteiger partial charge in [-0.3, -0.25) is 4.79 Å². The Hall–Kier alpha value is -3.00.